The van der Waals surface area contributed by atoms with Gasteiger partial charge in [0.15, 0.2) is 0 Å². The largest absolute Gasteiger partial charge is 0.385 e. The monoisotopic (exact) mass is 356 g/mol. The van der Waals surface area contributed by atoms with Gasteiger partial charge < -0.3 is 15.0 Å². The molecule has 0 radical (unpaired) electrons. The van der Waals surface area contributed by atoms with Crippen LogP contribution in [0, 0.1) is 5.92 Å². The lowest BCUT2D eigenvalue weighted by atomic mass is 9.95. The van der Waals surface area contributed by atoms with E-state index >= 15 is 0 Å². The van der Waals surface area contributed by atoms with Crippen LogP contribution in [-0.4, -0.2) is 43.7 Å². The van der Waals surface area contributed by atoms with E-state index in [-0.39, 0.29) is 5.92 Å². The van der Waals surface area contributed by atoms with Gasteiger partial charge in [-0.1, -0.05) is 18.2 Å². The summed E-state index contributed by atoms with van der Waals surface area (Å²) >= 11 is 0. The van der Waals surface area contributed by atoms with Crippen LogP contribution in [0.15, 0.2) is 18.2 Å². The fraction of sp³-hybridized carbons (Fsp3) is 0.682. The summed E-state index contributed by atoms with van der Waals surface area (Å²) < 4.78 is 5.20. The Bertz CT molecular complexity index is 635. The molecular weight excluding hydrogens is 324 g/mol. The van der Waals surface area contributed by atoms with E-state index in [1.165, 1.54) is 29.5 Å². The van der Waals surface area contributed by atoms with Gasteiger partial charge in [-0.25, -0.2) is 0 Å². The second kappa shape index (κ2) is 8.10. The fourth-order valence-corrected chi connectivity index (χ4v) is 4.71. The number of ether oxygens (including phenoxy) is 1. The van der Waals surface area contributed by atoms with Crippen molar-refractivity contribution < 1.29 is 9.53 Å². The van der Waals surface area contributed by atoms with Crippen LogP contribution in [0.2, 0.25) is 0 Å². The van der Waals surface area contributed by atoms with Gasteiger partial charge in [0, 0.05) is 26.3 Å². The van der Waals surface area contributed by atoms with Gasteiger partial charge in [0.1, 0.15) is 0 Å². The first kappa shape index (κ1) is 18.0. The lowest BCUT2D eigenvalue weighted by molar-refractivity contribution is -0.139. The minimum atomic E-state index is 0.179. The van der Waals surface area contributed by atoms with Crippen LogP contribution < -0.4 is 5.32 Å². The molecule has 0 spiro atoms. The maximum absolute atomic E-state index is 13.3. The van der Waals surface area contributed by atoms with Gasteiger partial charge in [0.2, 0.25) is 5.91 Å². The van der Waals surface area contributed by atoms with E-state index < -0.39 is 0 Å². The average Bonchev–Trinajstić information content (AvgIpc) is 3.43. The molecule has 1 saturated carbocycles. The predicted octanol–water partition coefficient (Wildman–Crippen LogP) is 3.24. The predicted molar refractivity (Wildman–Crippen MR) is 103 cm³/mol. The molecule has 0 bridgehead atoms. The topological polar surface area (TPSA) is 41.6 Å². The van der Waals surface area contributed by atoms with Crippen molar-refractivity contribution in [2.45, 2.75) is 63.5 Å². The number of aryl methyl sites for hydroxylation is 2. The lowest BCUT2D eigenvalue weighted by Crippen LogP contribution is -2.45. The molecule has 4 nitrogen and oxygen atoms in total. The molecule has 1 N–H and O–H groups in total. The van der Waals surface area contributed by atoms with Gasteiger partial charge in [-0.2, -0.15) is 0 Å². The van der Waals surface area contributed by atoms with Gasteiger partial charge in [-0.3, -0.25) is 4.79 Å². The van der Waals surface area contributed by atoms with Crippen molar-refractivity contribution in [2.75, 3.05) is 26.8 Å². The summed E-state index contributed by atoms with van der Waals surface area (Å²) in [4.78, 5) is 15.6. The third-order valence-corrected chi connectivity index (χ3v) is 6.25. The quantitative estimate of drug-likeness (QED) is 0.763. The molecule has 4 rings (SSSR count). The van der Waals surface area contributed by atoms with Crippen LogP contribution in [0.25, 0.3) is 0 Å². The Balaban J connectivity index is 1.53. The molecular formula is C22H32N2O2. The molecule has 1 aliphatic heterocycles. The smallest absolute Gasteiger partial charge is 0.227 e. The summed E-state index contributed by atoms with van der Waals surface area (Å²) in [6.07, 6.45) is 8.86. The van der Waals surface area contributed by atoms with Crippen molar-refractivity contribution >= 4 is 5.91 Å². The molecule has 1 aromatic carbocycles. The zero-order valence-electron chi connectivity index (χ0n) is 16.0. The number of nitrogens with one attached hydrogen (secondary N) is 1. The molecule has 2 atom stereocenters. The Morgan fingerprint density at radius 3 is 2.88 bits per heavy atom. The van der Waals surface area contributed by atoms with Crippen LogP contribution in [0.3, 0.4) is 0 Å². The Morgan fingerprint density at radius 2 is 2.15 bits per heavy atom. The fourth-order valence-electron chi connectivity index (χ4n) is 4.71. The Labute approximate surface area is 157 Å². The molecule has 2 fully saturated rings. The minimum absolute atomic E-state index is 0.179. The van der Waals surface area contributed by atoms with Gasteiger partial charge in [-0.15, -0.1) is 0 Å². The highest BCUT2D eigenvalue weighted by Gasteiger charge is 2.42. The Hall–Kier alpha value is -1.39. The van der Waals surface area contributed by atoms with Crippen LogP contribution in [0.4, 0.5) is 0 Å². The van der Waals surface area contributed by atoms with Crippen LogP contribution in [0.5, 0.6) is 0 Å². The van der Waals surface area contributed by atoms with E-state index in [1.807, 2.05) is 0 Å². The summed E-state index contributed by atoms with van der Waals surface area (Å²) in [6.45, 7) is 2.73. The number of hydrogen-bond donors (Lipinski definition) is 1. The highest BCUT2D eigenvalue weighted by atomic mass is 16.5. The van der Waals surface area contributed by atoms with Gasteiger partial charge in [0.05, 0.1) is 12.0 Å². The zero-order valence-corrected chi connectivity index (χ0v) is 16.0. The van der Waals surface area contributed by atoms with Crippen molar-refractivity contribution in [1.29, 1.82) is 0 Å². The van der Waals surface area contributed by atoms with Crippen molar-refractivity contribution in [3.05, 3.63) is 34.9 Å². The molecule has 3 aliphatic rings. The third-order valence-electron chi connectivity index (χ3n) is 6.25. The molecule has 1 unspecified atom stereocenters. The molecule has 1 saturated heterocycles. The number of rotatable bonds is 7. The molecule has 2 aliphatic carbocycles. The van der Waals surface area contributed by atoms with E-state index in [0.29, 0.717) is 18.0 Å². The maximum atomic E-state index is 13.3. The van der Waals surface area contributed by atoms with E-state index in [0.717, 1.165) is 58.2 Å². The molecule has 142 valence electrons. The van der Waals surface area contributed by atoms with Crippen molar-refractivity contribution in [3.63, 3.8) is 0 Å². The first-order valence-corrected chi connectivity index (χ1v) is 10.4. The number of nitrogens with zero attached hydrogens (tertiary/aromatic N) is 1. The zero-order chi connectivity index (χ0) is 17.9. The molecule has 1 amide bonds. The second-order valence-electron chi connectivity index (χ2n) is 8.20. The molecule has 1 heterocycles. The summed E-state index contributed by atoms with van der Waals surface area (Å²) in [6, 6.07) is 7.73. The van der Waals surface area contributed by atoms with Crippen LogP contribution >= 0.6 is 0 Å². The van der Waals surface area contributed by atoms with E-state index in [9.17, 15) is 4.79 Å². The molecule has 26 heavy (non-hydrogen) atoms. The number of methoxy groups -OCH3 is 1. The van der Waals surface area contributed by atoms with Crippen molar-refractivity contribution in [3.8, 4) is 0 Å². The van der Waals surface area contributed by atoms with Gasteiger partial charge in [0.25, 0.3) is 0 Å². The lowest BCUT2D eigenvalue weighted by Gasteiger charge is -2.34. The first-order chi connectivity index (χ1) is 12.8. The number of benzene rings is 1. The van der Waals surface area contributed by atoms with Crippen LogP contribution in [0.1, 0.15) is 61.3 Å². The SMILES string of the molecule is COCCCc1ccc2c(c1)C(N(C(=O)[C@@H]1CCCNC1)C1CC1)CC2. The number of hydrogen-bond acceptors (Lipinski definition) is 3. The molecule has 4 heteroatoms. The number of carbonyl (C=O) groups excluding carboxylic acids is 1. The van der Waals surface area contributed by atoms with E-state index in [4.69, 9.17) is 4.74 Å². The molecule has 0 aromatic heterocycles. The second-order valence-corrected chi connectivity index (χ2v) is 8.20. The maximum Gasteiger partial charge on any atom is 0.227 e. The van der Waals surface area contributed by atoms with Crippen molar-refractivity contribution in [2.24, 2.45) is 5.92 Å². The summed E-state index contributed by atoms with van der Waals surface area (Å²) in [5.74, 6) is 0.584. The standard InChI is InChI=1S/C22H32N2O2/c1-26-13-3-4-16-6-7-17-8-11-21(20(17)14-16)24(19-9-10-19)22(25)18-5-2-12-23-15-18/h6-7,14,18-19,21,23H,2-5,8-13,15H2,1H3/t18-,21?/m1/s1. The summed E-state index contributed by atoms with van der Waals surface area (Å²) in [5.41, 5.74) is 4.25. The molecule has 1 aromatic rings. The van der Waals surface area contributed by atoms with Gasteiger partial charge in [-0.05, 0) is 74.6 Å². The highest BCUT2D eigenvalue weighted by Crippen LogP contribution is 2.43. The number of piperidine rings is 1. The van der Waals surface area contributed by atoms with Crippen LogP contribution in [-0.2, 0) is 22.4 Å². The summed E-state index contributed by atoms with van der Waals surface area (Å²) in [7, 11) is 1.76. The Kier molecular flexibility index (Phi) is 5.60. The summed E-state index contributed by atoms with van der Waals surface area (Å²) in [5, 5.41) is 3.42. The minimum Gasteiger partial charge on any atom is -0.385 e. The van der Waals surface area contributed by atoms with E-state index in [2.05, 4.69) is 28.4 Å². The highest BCUT2D eigenvalue weighted by molar-refractivity contribution is 5.80. The average molecular weight is 357 g/mol. The van der Waals surface area contributed by atoms with Crippen molar-refractivity contribution in [1.82, 2.24) is 10.2 Å². The first-order valence-electron chi connectivity index (χ1n) is 10.4. The van der Waals surface area contributed by atoms with E-state index in [1.54, 1.807) is 7.11 Å². The Morgan fingerprint density at radius 1 is 1.27 bits per heavy atom. The normalized spacial score (nSPS) is 25.1. The number of carbonyl (C=O) groups is 1. The van der Waals surface area contributed by atoms with Gasteiger partial charge >= 0.3 is 0 Å². The third kappa shape index (κ3) is 3.81. The number of fused-ring (bicyclic) bond motifs is 1. The number of amides is 1.